The van der Waals surface area contributed by atoms with Gasteiger partial charge in [-0.2, -0.15) is 0 Å². The van der Waals surface area contributed by atoms with Crippen LogP contribution in [-0.2, 0) is 4.74 Å². The smallest absolute Gasteiger partial charge is 0.0677 e. The minimum Gasteiger partial charge on any atom is -0.369 e. The molecular formula is C14H27NO. The molecule has 1 aliphatic heterocycles. The number of ether oxygens (including phenoxy) is 1. The zero-order valence-corrected chi connectivity index (χ0v) is 11.3. The number of hydrogen-bond acceptors (Lipinski definition) is 2. The molecule has 0 spiro atoms. The van der Waals surface area contributed by atoms with E-state index in [4.69, 9.17) is 10.5 Å². The Hall–Kier alpha value is -0.0800. The quantitative estimate of drug-likeness (QED) is 0.801. The zero-order chi connectivity index (χ0) is 12.0. The molecular weight excluding hydrogens is 198 g/mol. The third kappa shape index (κ3) is 2.43. The molecule has 0 aromatic rings. The molecule has 1 heterocycles. The van der Waals surface area contributed by atoms with Crippen molar-refractivity contribution in [1.82, 2.24) is 0 Å². The Morgan fingerprint density at radius 3 is 2.25 bits per heavy atom. The Labute approximate surface area is 99.9 Å². The molecule has 1 saturated carbocycles. The Morgan fingerprint density at radius 2 is 1.88 bits per heavy atom. The summed E-state index contributed by atoms with van der Waals surface area (Å²) in [4.78, 5) is 0. The van der Waals surface area contributed by atoms with Gasteiger partial charge in [-0.05, 0) is 46.5 Å². The summed E-state index contributed by atoms with van der Waals surface area (Å²) in [7, 11) is 0. The van der Waals surface area contributed by atoms with Crippen LogP contribution < -0.4 is 5.73 Å². The minimum atomic E-state index is -0.0489. The molecule has 0 amide bonds. The van der Waals surface area contributed by atoms with E-state index in [-0.39, 0.29) is 11.2 Å². The maximum absolute atomic E-state index is 6.41. The minimum absolute atomic E-state index is 0.00536. The highest BCUT2D eigenvalue weighted by Gasteiger charge is 2.48. The van der Waals surface area contributed by atoms with E-state index in [0.717, 1.165) is 12.3 Å². The summed E-state index contributed by atoms with van der Waals surface area (Å²) >= 11 is 0. The second-order valence-electron chi connectivity index (χ2n) is 6.97. The topological polar surface area (TPSA) is 35.2 Å². The first-order chi connectivity index (χ1) is 7.30. The lowest BCUT2D eigenvalue weighted by Crippen LogP contribution is -2.42. The molecule has 2 aliphatic rings. The van der Waals surface area contributed by atoms with E-state index in [9.17, 15) is 0 Å². The van der Waals surface area contributed by atoms with E-state index in [1.54, 1.807) is 0 Å². The Bertz CT molecular complexity index is 255. The Kier molecular flexibility index (Phi) is 3.09. The van der Waals surface area contributed by atoms with Crippen molar-refractivity contribution in [2.75, 3.05) is 0 Å². The SMILES string of the molecule is CC1(C)CC(C(N)CC2CCC2)C(C)(C)O1. The Balaban J connectivity index is 1.96. The van der Waals surface area contributed by atoms with Crippen LogP contribution in [0.4, 0.5) is 0 Å². The first kappa shape index (κ1) is 12.4. The maximum Gasteiger partial charge on any atom is 0.0677 e. The molecule has 2 unspecified atom stereocenters. The van der Waals surface area contributed by atoms with Crippen molar-refractivity contribution in [1.29, 1.82) is 0 Å². The fourth-order valence-electron chi connectivity index (χ4n) is 3.55. The molecule has 0 aromatic carbocycles. The van der Waals surface area contributed by atoms with Crippen molar-refractivity contribution in [2.45, 2.75) is 77.0 Å². The highest BCUT2D eigenvalue weighted by atomic mass is 16.5. The van der Waals surface area contributed by atoms with Crippen LogP contribution in [0.2, 0.25) is 0 Å². The standard InChI is InChI=1S/C14H27NO/c1-13(2)9-11(14(3,4)16-13)12(15)8-10-6-5-7-10/h10-12H,5-9,15H2,1-4H3. The molecule has 1 aliphatic carbocycles. The first-order valence-electron chi connectivity index (χ1n) is 6.76. The normalized spacial score (nSPS) is 34.7. The van der Waals surface area contributed by atoms with Gasteiger partial charge < -0.3 is 10.5 Å². The van der Waals surface area contributed by atoms with Crippen molar-refractivity contribution in [2.24, 2.45) is 17.6 Å². The number of hydrogen-bond donors (Lipinski definition) is 1. The van der Waals surface area contributed by atoms with Crippen molar-refractivity contribution in [3.05, 3.63) is 0 Å². The number of rotatable bonds is 3. The van der Waals surface area contributed by atoms with E-state index >= 15 is 0 Å². The van der Waals surface area contributed by atoms with Gasteiger partial charge in [-0.1, -0.05) is 19.3 Å². The lowest BCUT2D eigenvalue weighted by atomic mass is 9.74. The highest BCUT2D eigenvalue weighted by Crippen LogP contribution is 2.45. The van der Waals surface area contributed by atoms with Crippen LogP contribution in [0.1, 0.15) is 59.8 Å². The predicted molar refractivity (Wildman–Crippen MR) is 67.3 cm³/mol. The maximum atomic E-state index is 6.41. The van der Waals surface area contributed by atoms with Crippen molar-refractivity contribution in [3.63, 3.8) is 0 Å². The van der Waals surface area contributed by atoms with E-state index in [1.165, 1.54) is 25.7 Å². The van der Waals surface area contributed by atoms with Crippen molar-refractivity contribution >= 4 is 0 Å². The van der Waals surface area contributed by atoms with Crippen LogP contribution in [0.15, 0.2) is 0 Å². The van der Waals surface area contributed by atoms with Crippen LogP contribution in [0.25, 0.3) is 0 Å². The van der Waals surface area contributed by atoms with Gasteiger partial charge in [-0.3, -0.25) is 0 Å². The average Bonchev–Trinajstić information content (AvgIpc) is 2.26. The second-order valence-corrected chi connectivity index (χ2v) is 6.97. The van der Waals surface area contributed by atoms with Crippen LogP contribution in [0.3, 0.4) is 0 Å². The molecule has 1 saturated heterocycles. The largest absolute Gasteiger partial charge is 0.369 e. The van der Waals surface area contributed by atoms with Gasteiger partial charge in [0, 0.05) is 12.0 Å². The summed E-state index contributed by atoms with van der Waals surface area (Å²) in [5.74, 6) is 1.41. The zero-order valence-electron chi connectivity index (χ0n) is 11.3. The van der Waals surface area contributed by atoms with Crippen molar-refractivity contribution in [3.8, 4) is 0 Å². The van der Waals surface area contributed by atoms with Crippen molar-refractivity contribution < 1.29 is 4.74 Å². The fourth-order valence-corrected chi connectivity index (χ4v) is 3.55. The molecule has 2 rings (SSSR count). The number of nitrogens with two attached hydrogens (primary N) is 1. The average molecular weight is 225 g/mol. The molecule has 2 fully saturated rings. The molecule has 0 bridgehead atoms. The molecule has 0 radical (unpaired) electrons. The van der Waals surface area contributed by atoms with Gasteiger partial charge in [-0.25, -0.2) is 0 Å². The van der Waals surface area contributed by atoms with Gasteiger partial charge in [0.25, 0.3) is 0 Å². The van der Waals surface area contributed by atoms with Gasteiger partial charge >= 0.3 is 0 Å². The Morgan fingerprint density at radius 1 is 1.25 bits per heavy atom. The summed E-state index contributed by atoms with van der Waals surface area (Å²) in [6.07, 6.45) is 6.51. The lowest BCUT2D eigenvalue weighted by Gasteiger charge is -2.35. The van der Waals surface area contributed by atoms with E-state index in [1.807, 2.05) is 0 Å². The molecule has 2 atom stereocenters. The molecule has 94 valence electrons. The van der Waals surface area contributed by atoms with Gasteiger partial charge in [0.1, 0.15) is 0 Å². The van der Waals surface area contributed by atoms with E-state index in [2.05, 4.69) is 27.7 Å². The first-order valence-corrected chi connectivity index (χ1v) is 6.76. The van der Waals surface area contributed by atoms with E-state index < -0.39 is 0 Å². The van der Waals surface area contributed by atoms with E-state index in [0.29, 0.717) is 12.0 Å². The van der Waals surface area contributed by atoms with Crippen LogP contribution in [-0.4, -0.2) is 17.2 Å². The molecule has 16 heavy (non-hydrogen) atoms. The molecule has 0 aromatic heterocycles. The van der Waals surface area contributed by atoms with Gasteiger partial charge in [-0.15, -0.1) is 0 Å². The predicted octanol–water partition coefficient (Wildman–Crippen LogP) is 3.10. The van der Waals surface area contributed by atoms with Gasteiger partial charge in [0.05, 0.1) is 11.2 Å². The lowest BCUT2D eigenvalue weighted by molar-refractivity contribution is -0.0773. The van der Waals surface area contributed by atoms with Crippen LogP contribution in [0.5, 0.6) is 0 Å². The van der Waals surface area contributed by atoms with Gasteiger partial charge in [0.2, 0.25) is 0 Å². The molecule has 2 nitrogen and oxygen atoms in total. The van der Waals surface area contributed by atoms with Crippen LogP contribution in [0, 0.1) is 11.8 Å². The fraction of sp³-hybridized carbons (Fsp3) is 1.00. The highest BCUT2D eigenvalue weighted by molar-refractivity contribution is 4.99. The summed E-state index contributed by atoms with van der Waals surface area (Å²) < 4.78 is 6.12. The summed E-state index contributed by atoms with van der Waals surface area (Å²) in [6.45, 7) is 8.77. The van der Waals surface area contributed by atoms with Gasteiger partial charge in [0.15, 0.2) is 0 Å². The summed E-state index contributed by atoms with van der Waals surface area (Å²) in [5.41, 5.74) is 6.36. The molecule has 2 N–H and O–H groups in total. The monoisotopic (exact) mass is 225 g/mol. The van der Waals surface area contributed by atoms with Crippen LogP contribution >= 0.6 is 0 Å². The third-order valence-corrected chi connectivity index (χ3v) is 4.49. The summed E-state index contributed by atoms with van der Waals surface area (Å²) in [6, 6.07) is 0.321. The second kappa shape index (κ2) is 3.99. The third-order valence-electron chi connectivity index (χ3n) is 4.49. The summed E-state index contributed by atoms with van der Waals surface area (Å²) in [5, 5.41) is 0. The molecule has 2 heteroatoms.